The first-order chi connectivity index (χ1) is 17.6. The molecule has 184 valence electrons. The number of benzene rings is 3. The molecule has 0 saturated carbocycles. The third-order valence-corrected chi connectivity index (χ3v) is 5.05. The van der Waals surface area contributed by atoms with E-state index in [-0.39, 0.29) is 5.84 Å². The molecule has 36 heavy (non-hydrogen) atoms. The van der Waals surface area contributed by atoms with Gasteiger partial charge < -0.3 is 11.1 Å². The number of amidine groups is 1. The third kappa shape index (κ3) is 8.69. The Morgan fingerprint density at radius 1 is 1.00 bits per heavy atom. The van der Waals surface area contributed by atoms with Crippen LogP contribution in [-0.4, -0.2) is 18.3 Å². The van der Waals surface area contributed by atoms with Gasteiger partial charge in [0.15, 0.2) is 6.29 Å². The highest BCUT2D eigenvalue weighted by molar-refractivity contribution is 6.14. The summed E-state index contributed by atoms with van der Waals surface area (Å²) in [6.07, 6.45) is 11.3. The van der Waals surface area contributed by atoms with E-state index in [0.29, 0.717) is 24.1 Å². The van der Waals surface area contributed by atoms with Gasteiger partial charge in [0.05, 0.1) is 17.6 Å². The Morgan fingerprint density at radius 2 is 1.78 bits per heavy atom. The molecule has 0 aliphatic heterocycles. The Hall–Kier alpha value is -4.51. The number of carbonyl (C=O) groups excluding carboxylic acids is 1. The van der Waals surface area contributed by atoms with Gasteiger partial charge in [0.1, 0.15) is 5.84 Å². The van der Waals surface area contributed by atoms with Gasteiger partial charge in [0, 0.05) is 12.1 Å². The van der Waals surface area contributed by atoms with Crippen molar-refractivity contribution in [2.75, 3.05) is 5.32 Å². The lowest BCUT2D eigenvalue weighted by Gasteiger charge is -2.12. The van der Waals surface area contributed by atoms with Crippen LogP contribution in [0.3, 0.4) is 0 Å². The molecular weight excluding hydrogens is 444 g/mol. The number of hydrogen-bond donors (Lipinski definition) is 3. The zero-order chi connectivity index (χ0) is 26.2. The molecule has 3 aromatic rings. The van der Waals surface area contributed by atoms with Gasteiger partial charge in [-0.15, -0.1) is 0 Å². The molecule has 0 aliphatic rings. The quantitative estimate of drug-likeness (QED) is 0.123. The fourth-order valence-electron chi connectivity index (χ4n) is 3.33. The zero-order valence-corrected chi connectivity index (χ0v) is 21.1. The van der Waals surface area contributed by atoms with Crippen LogP contribution in [0.5, 0.6) is 0 Å². The summed E-state index contributed by atoms with van der Waals surface area (Å²) >= 11 is 0. The fourth-order valence-corrected chi connectivity index (χ4v) is 3.33. The highest BCUT2D eigenvalue weighted by Gasteiger charge is 2.05. The Labute approximate surface area is 214 Å². The summed E-state index contributed by atoms with van der Waals surface area (Å²) in [5, 5.41) is 11.1. The molecule has 0 radical (unpaired) electrons. The number of rotatable bonds is 10. The third-order valence-electron chi connectivity index (χ3n) is 5.05. The van der Waals surface area contributed by atoms with E-state index in [2.05, 4.69) is 16.4 Å². The Bertz CT molecular complexity index is 1250. The van der Waals surface area contributed by atoms with E-state index in [1.54, 1.807) is 0 Å². The van der Waals surface area contributed by atoms with Crippen LogP contribution in [0.2, 0.25) is 0 Å². The minimum absolute atomic E-state index is 0.0227. The molecule has 0 aliphatic carbocycles. The molecule has 5 heteroatoms. The van der Waals surface area contributed by atoms with Crippen molar-refractivity contribution in [2.24, 2.45) is 10.7 Å². The van der Waals surface area contributed by atoms with Gasteiger partial charge >= 0.3 is 0 Å². The predicted molar refractivity (Wildman–Crippen MR) is 155 cm³/mol. The van der Waals surface area contributed by atoms with Gasteiger partial charge in [0.2, 0.25) is 0 Å². The van der Waals surface area contributed by atoms with Crippen LogP contribution >= 0.6 is 0 Å². The largest absolute Gasteiger partial charge is 0.384 e. The lowest BCUT2D eigenvalue weighted by Crippen LogP contribution is -2.11. The second-order valence-electron chi connectivity index (χ2n) is 7.51. The summed E-state index contributed by atoms with van der Waals surface area (Å²) in [5.74, 6) is 0.0227. The number of nitrogens with zero attached hydrogens (tertiary/aromatic N) is 1. The highest BCUT2D eigenvalue weighted by Crippen LogP contribution is 2.31. The molecule has 5 nitrogen and oxygen atoms in total. The first-order valence-corrected chi connectivity index (χ1v) is 12.0. The van der Waals surface area contributed by atoms with E-state index in [0.717, 1.165) is 27.9 Å². The van der Waals surface area contributed by atoms with Gasteiger partial charge in [0.25, 0.3) is 0 Å². The average Bonchev–Trinajstić information content (AvgIpc) is 2.92. The molecular formula is C31H34N4O. The maximum absolute atomic E-state index is 10.9. The van der Waals surface area contributed by atoms with Crippen molar-refractivity contribution in [3.05, 3.63) is 114 Å². The molecule has 0 spiro atoms. The summed E-state index contributed by atoms with van der Waals surface area (Å²) in [7, 11) is 0. The summed E-state index contributed by atoms with van der Waals surface area (Å²) in [6, 6.07) is 24.1. The lowest BCUT2D eigenvalue weighted by molar-refractivity contribution is -0.102. The van der Waals surface area contributed by atoms with Crippen molar-refractivity contribution in [3.63, 3.8) is 0 Å². The highest BCUT2D eigenvalue weighted by atomic mass is 16.1. The number of aldehydes is 1. The summed E-state index contributed by atoms with van der Waals surface area (Å²) in [4.78, 5) is 15.2. The van der Waals surface area contributed by atoms with E-state index in [1.165, 1.54) is 6.21 Å². The van der Waals surface area contributed by atoms with E-state index in [1.807, 2.05) is 118 Å². The molecule has 0 bridgehead atoms. The van der Waals surface area contributed by atoms with Crippen LogP contribution in [0.25, 0.3) is 17.2 Å². The van der Waals surface area contributed by atoms with Crippen LogP contribution in [0.4, 0.5) is 11.4 Å². The van der Waals surface area contributed by atoms with Crippen molar-refractivity contribution < 1.29 is 4.79 Å². The van der Waals surface area contributed by atoms with Crippen LogP contribution in [-0.2, 0) is 11.3 Å². The molecule has 4 N–H and O–H groups in total. The average molecular weight is 479 g/mol. The van der Waals surface area contributed by atoms with E-state index < -0.39 is 0 Å². The maximum Gasteiger partial charge on any atom is 0.161 e. The fraction of sp³-hybridized carbons (Fsp3) is 0.129. The standard InChI is InChI=1S/C29H28N4O.C2H6/c1-2-3-10-25(29(30)31)14-13-22-8-7-9-23(19-22)21-33-27-16-15-26(20-28(27)32-17-18-34)24-11-5-4-6-12-24;1-2/h2-20,33H,21H2,1H3,(H3,30,31);1-2H3/b3-2-,14-13+,25-10+,32-17?;. The topological polar surface area (TPSA) is 91.3 Å². The number of allylic oxidation sites excluding steroid dienone is 3. The zero-order valence-electron chi connectivity index (χ0n) is 21.1. The van der Waals surface area contributed by atoms with Crippen LogP contribution < -0.4 is 11.1 Å². The molecule has 3 rings (SSSR count). The van der Waals surface area contributed by atoms with Gasteiger partial charge in [-0.25, -0.2) is 0 Å². The number of carbonyl (C=O) groups is 1. The van der Waals surface area contributed by atoms with Gasteiger partial charge in [-0.2, -0.15) is 0 Å². The molecule has 0 aromatic heterocycles. The van der Waals surface area contributed by atoms with E-state index in [4.69, 9.17) is 11.1 Å². The summed E-state index contributed by atoms with van der Waals surface area (Å²) < 4.78 is 0. The van der Waals surface area contributed by atoms with E-state index in [9.17, 15) is 4.79 Å². The Morgan fingerprint density at radius 3 is 2.47 bits per heavy atom. The van der Waals surface area contributed by atoms with Gasteiger partial charge in [-0.3, -0.25) is 15.2 Å². The number of nitrogens with one attached hydrogen (secondary N) is 2. The van der Waals surface area contributed by atoms with E-state index >= 15 is 0 Å². The first kappa shape index (κ1) is 27.7. The minimum Gasteiger partial charge on any atom is -0.384 e. The molecule has 0 fully saturated rings. The van der Waals surface area contributed by atoms with Crippen molar-refractivity contribution in [3.8, 4) is 11.1 Å². The van der Waals surface area contributed by atoms with Crippen molar-refractivity contribution in [2.45, 2.75) is 27.3 Å². The smallest absolute Gasteiger partial charge is 0.161 e. The molecule has 0 unspecified atom stereocenters. The Kier molecular flexibility index (Phi) is 11.9. The first-order valence-electron chi connectivity index (χ1n) is 12.0. The number of anilines is 1. The second-order valence-corrected chi connectivity index (χ2v) is 7.51. The second kappa shape index (κ2) is 15.4. The SMILES string of the molecule is CC.C\C=C/C=C(\C=C\c1cccc(CNc2ccc(-c3ccccc3)cc2N=CC=O)c1)C(=N)N. The monoisotopic (exact) mass is 478 g/mol. The number of hydrogen-bond acceptors (Lipinski definition) is 4. The molecule has 0 saturated heterocycles. The van der Waals surface area contributed by atoms with Gasteiger partial charge in [-0.1, -0.05) is 98.8 Å². The summed E-state index contributed by atoms with van der Waals surface area (Å²) in [5.41, 5.74) is 12.1. The normalized spacial score (nSPS) is 11.5. The molecule has 3 aromatic carbocycles. The number of nitrogens with two attached hydrogens (primary N) is 1. The lowest BCUT2D eigenvalue weighted by atomic mass is 10.0. The number of aliphatic imine (C=N–C) groups is 1. The van der Waals surface area contributed by atoms with Crippen molar-refractivity contribution in [1.82, 2.24) is 0 Å². The van der Waals surface area contributed by atoms with Crippen LogP contribution in [0.1, 0.15) is 31.9 Å². The van der Waals surface area contributed by atoms with Crippen LogP contribution in [0.15, 0.2) is 108 Å². The van der Waals surface area contributed by atoms with Crippen molar-refractivity contribution >= 4 is 35.8 Å². The molecule has 0 atom stereocenters. The van der Waals surface area contributed by atoms with Gasteiger partial charge in [-0.05, 0) is 47.4 Å². The molecule has 0 heterocycles. The predicted octanol–water partition coefficient (Wildman–Crippen LogP) is 7.34. The molecule has 0 amide bonds. The Balaban J connectivity index is 0.00000222. The van der Waals surface area contributed by atoms with Crippen molar-refractivity contribution in [1.29, 1.82) is 5.41 Å². The summed E-state index contributed by atoms with van der Waals surface area (Å²) in [6.45, 7) is 6.50. The van der Waals surface area contributed by atoms with Crippen LogP contribution in [0, 0.1) is 5.41 Å². The minimum atomic E-state index is 0.0227. The maximum atomic E-state index is 10.9.